The summed E-state index contributed by atoms with van der Waals surface area (Å²) in [4.78, 5) is 42.6. The largest absolute Gasteiger partial charge is 0.501 e. The zero-order valence-corrected chi connectivity index (χ0v) is 16.2. The molecule has 32 heavy (non-hydrogen) atoms. The average Bonchev–Trinajstić information content (AvgIpc) is 3.37. The van der Waals surface area contributed by atoms with Gasteiger partial charge >= 0.3 is 11.8 Å². The molecule has 2 amide bonds. The van der Waals surface area contributed by atoms with Crippen LogP contribution in [0.25, 0.3) is 0 Å². The summed E-state index contributed by atoms with van der Waals surface area (Å²) < 4.78 is 111. The van der Waals surface area contributed by atoms with Crippen molar-refractivity contribution in [1.82, 2.24) is 30.4 Å². The van der Waals surface area contributed by atoms with Gasteiger partial charge in [-0.15, -0.1) is 10.2 Å². The highest BCUT2D eigenvalue weighted by Gasteiger charge is 2.32. The SMILES string of the molecule is [2H]c1c([2H])c(C([2H])([2H])NC(=O)c2nc(C(C)(C)NC(=O)c3nnc(C([2H])([2H])[2H])o3)n(C([2H])([2H])[2H])c(=O)c2O)c([2H])c([2H])c1F. The van der Waals surface area contributed by atoms with Crippen molar-refractivity contribution in [2.45, 2.75) is 32.7 Å². The number of aryl methyl sites for hydroxylation is 1. The normalized spacial score (nSPS) is 18.0. The van der Waals surface area contributed by atoms with Crippen molar-refractivity contribution in [2.75, 3.05) is 0 Å². The summed E-state index contributed by atoms with van der Waals surface area (Å²) in [5.41, 5.74) is -6.24. The molecule has 2 heterocycles. The molecule has 0 aliphatic carbocycles. The van der Waals surface area contributed by atoms with Crippen LogP contribution in [0.2, 0.25) is 0 Å². The van der Waals surface area contributed by atoms with Crippen molar-refractivity contribution in [2.24, 2.45) is 6.98 Å². The second-order valence-electron chi connectivity index (χ2n) is 6.53. The van der Waals surface area contributed by atoms with Gasteiger partial charge in [-0.05, 0) is 31.5 Å². The number of nitrogens with one attached hydrogen (secondary N) is 2. The second kappa shape index (κ2) is 8.57. The van der Waals surface area contributed by atoms with E-state index in [0.29, 0.717) is 0 Å². The number of carbonyl (C=O) groups is 2. The Morgan fingerprint density at radius 3 is 2.66 bits per heavy atom. The Kier molecular flexibility index (Phi) is 3.08. The van der Waals surface area contributed by atoms with Gasteiger partial charge in [0.15, 0.2) is 5.69 Å². The molecule has 0 atom stereocenters. The lowest BCUT2D eigenvalue weighted by molar-refractivity contribution is 0.0869. The molecule has 2 aromatic heterocycles. The van der Waals surface area contributed by atoms with E-state index in [9.17, 15) is 23.9 Å². The lowest BCUT2D eigenvalue weighted by Gasteiger charge is -2.27. The van der Waals surface area contributed by atoms with Gasteiger partial charge in [-0.25, -0.2) is 9.37 Å². The maximum Gasteiger partial charge on any atom is 0.309 e. The fraction of sp³-hybridized carbons (Fsp3) is 0.300. The predicted molar refractivity (Wildman–Crippen MR) is 108 cm³/mol. The van der Waals surface area contributed by atoms with Crippen molar-refractivity contribution in [3.05, 3.63) is 69.2 Å². The van der Waals surface area contributed by atoms with Crippen LogP contribution >= 0.6 is 0 Å². The minimum absolute atomic E-state index is 0.0573. The van der Waals surface area contributed by atoms with Crippen molar-refractivity contribution >= 4 is 11.8 Å². The number of amides is 2. The number of nitrogens with zero attached hydrogens (tertiary/aromatic N) is 4. The second-order valence-corrected chi connectivity index (χ2v) is 6.53. The molecule has 0 spiro atoms. The van der Waals surface area contributed by atoms with E-state index in [4.69, 9.17) is 20.9 Å². The molecule has 0 fully saturated rings. The first-order valence-corrected chi connectivity index (χ1v) is 8.45. The Balaban J connectivity index is 2.13. The van der Waals surface area contributed by atoms with E-state index in [-0.39, 0.29) is 4.57 Å². The quantitative estimate of drug-likeness (QED) is 0.495. The average molecular weight is 456 g/mol. The summed E-state index contributed by atoms with van der Waals surface area (Å²) in [7, 11) is 0. The van der Waals surface area contributed by atoms with Gasteiger partial charge in [0.2, 0.25) is 11.6 Å². The number of carbonyl (C=O) groups excluding carboxylic acids is 2. The van der Waals surface area contributed by atoms with E-state index in [1.165, 1.54) is 0 Å². The van der Waals surface area contributed by atoms with Crippen molar-refractivity contribution < 1.29 is 40.0 Å². The molecule has 0 aliphatic rings. The molecular formula is C20H21FN6O5. The lowest BCUT2D eigenvalue weighted by Crippen LogP contribution is -2.46. The van der Waals surface area contributed by atoms with Gasteiger partial charge in [-0.1, -0.05) is 12.1 Å². The van der Waals surface area contributed by atoms with Crippen molar-refractivity contribution in [3.63, 3.8) is 0 Å². The third-order valence-electron chi connectivity index (χ3n) is 3.77. The van der Waals surface area contributed by atoms with E-state index < -0.39 is 108 Å². The number of halogens is 1. The minimum Gasteiger partial charge on any atom is -0.501 e. The van der Waals surface area contributed by atoms with E-state index in [0.717, 1.165) is 13.8 Å². The van der Waals surface area contributed by atoms with Gasteiger partial charge in [-0.3, -0.25) is 19.0 Å². The van der Waals surface area contributed by atoms with Gasteiger partial charge in [0, 0.05) is 28.5 Å². The first-order chi connectivity index (χ1) is 19.8. The van der Waals surface area contributed by atoms with Gasteiger partial charge in [0.05, 0.1) is 13.8 Å². The lowest BCUT2D eigenvalue weighted by atomic mass is 10.0. The Bertz CT molecular complexity index is 1710. The van der Waals surface area contributed by atoms with E-state index in [1.807, 2.05) is 0 Å². The summed E-state index contributed by atoms with van der Waals surface area (Å²) in [6, 6.07) is -4.91. The third-order valence-corrected chi connectivity index (χ3v) is 3.77. The number of aromatic hydroxyl groups is 1. The molecule has 0 bridgehead atoms. The van der Waals surface area contributed by atoms with Gasteiger partial charge < -0.3 is 20.2 Å². The van der Waals surface area contributed by atoms with Crippen LogP contribution in [0.1, 0.15) is 68.7 Å². The number of rotatable bonds is 6. The van der Waals surface area contributed by atoms with E-state index in [1.54, 1.807) is 5.32 Å². The van der Waals surface area contributed by atoms with Crippen LogP contribution in [0, 0.1) is 12.7 Å². The number of aromatic nitrogens is 4. The number of benzene rings is 1. The highest BCUT2D eigenvalue weighted by molar-refractivity contribution is 5.94. The molecule has 3 aromatic rings. The van der Waals surface area contributed by atoms with Crippen LogP contribution in [0.15, 0.2) is 33.4 Å². The minimum atomic E-state index is -3.40. The third kappa shape index (κ3) is 4.63. The van der Waals surface area contributed by atoms with Crippen molar-refractivity contribution in [3.8, 4) is 5.75 Å². The zero-order valence-electron chi connectivity index (χ0n) is 28.2. The van der Waals surface area contributed by atoms with E-state index >= 15 is 0 Å². The van der Waals surface area contributed by atoms with Crippen LogP contribution in [-0.2, 0) is 19.0 Å². The summed E-state index contributed by atoms with van der Waals surface area (Å²) in [6.07, 6.45) is 0. The molecule has 3 N–H and O–H groups in total. The molecule has 12 heteroatoms. The molecule has 0 unspecified atom stereocenters. The Labute approximate surface area is 198 Å². The molecule has 11 nitrogen and oxygen atoms in total. The molecular weight excluding hydrogens is 423 g/mol. The fourth-order valence-corrected chi connectivity index (χ4v) is 2.34. The Morgan fingerprint density at radius 1 is 1.31 bits per heavy atom. The highest BCUT2D eigenvalue weighted by Crippen LogP contribution is 2.20. The topological polar surface area (TPSA) is 152 Å². The van der Waals surface area contributed by atoms with Crippen molar-refractivity contribution in [1.29, 1.82) is 0 Å². The summed E-state index contributed by atoms with van der Waals surface area (Å²) in [6.45, 7) is -7.44. The maximum absolute atomic E-state index is 14.0. The van der Waals surface area contributed by atoms with Crippen LogP contribution in [0.5, 0.6) is 5.75 Å². The molecule has 0 aliphatic heterocycles. The monoisotopic (exact) mass is 456 g/mol. The molecule has 0 saturated carbocycles. The predicted octanol–water partition coefficient (Wildman–Crippen LogP) is 0.912. The zero-order chi connectivity index (χ0) is 33.9. The summed E-state index contributed by atoms with van der Waals surface area (Å²) >= 11 is 0. The molecule has 0 radical (unpaired) electrons. The molecule has 1 aromatic carbocycles. The van der Waals surface area contributed by atoms with Crippen LogP contribution < -0.4 is 16.2 Å². The first-order valence-electron chi connectivity index (χ1n) is 14.4. The van der Waals surface area contributed by atoms with Crippen LogP contribution in [-0.4, -0.2) is 36.7 Å². The first kappa shape index (κ1) is 11.5. The van der Waals surface area contributed by atoms with Gasteiger partial charge in [0.25, 0.3) is 11.5 Å². The van der Waals surface area contributed by atoms with Crippen LogP contribution in [0.3, 0.4) is 0 Å². The Hall–Kier alpha value is -4.09. The van der Waals surface area contributed by atoms with Gasteiger partial charge in [0.1, 0.15) is 11.6 Å². The van der Waals surface area contributed by atoms with E-state index in [2.05, 4.69) is 20.5 Å². The standard InChI is InChI=1S/C20H21FN6O5/c1-10-25-26-17(32-10)16(30)24-20(2,3)19-23-13(14(28)18(31)27(19)4)15(29)22-9-11-5-7-12(21)8-6-11/h5-8,28H,9H2,1-4H3,(H,22,29)(H,24,30)/i1D3,4D3,5D,6D,7D,8D,9D2. The van der Waals surface area contributed by atoms with Gasteiger partial charge in [-0.2, -0.15) is 0 Å². The molecule has 3 rings (SSSR count). The number of hydrogen-bond donors (Lipinski definition) is 3. The highest BCUT2D eigenvalue weighted by atomic mass is 19.1. The van der Waals surface area contributed by atoms with Crippen LogP contribution in [0.4, 0.5) is 4.39 Å². The fourth-order valence-electron chi connectivity index (χ4n) is 2.34. The number of hydrogen-bond acceptors (Lipinski definition) is 8. The smallest absolute Gasteiger partial charge is 0.309 e. The Morgan fingerprint density at radius 2 is 2.03 bits per heavy atom. The molecule has 168 valence electrons. The summed E-state index contributed by atoms with van der Waals surface area (Å²) in [5, 5.41) is 20.8. The maximum atomic E-state index is 14.0. The molecule has 0 saturated heterocycles. The summed E-state index contributed by atoms with van der Waals surface area (Å²) in [5.74, 6) is -8.91.